The van der Waals surface area contributed by atoms with Crippen LogP contribution < -0.4 is 5.32 Å². The lowest BCUT2D eigenvalue weighted by atomic mass is 10.2. The van der Waals surface area contributed by atoms with Crippen LogP contribution in [0.1, 0.15) is 29.9 Å². The van der Waals surface area contributed by atoms with Gasteiger partial charge in [0.05, 0.1) is 16.3 Å². The summed E-state index contributed by atoms with van der Waals surface area (Å²) in [6.45, 7) is 5.78. The van der Waals surface area contributed by atoms with E-state index in [-0.39, 0.29) is 21.9 Å². The Kier molecular flexibility index (Phi) is 5.34. The van der Waals surface area contributed by atoms with E-state index in [0.717, 1.165) is 0 Å². The third kappa shape index (κ3) is 3.43. The van der Waals surface area contributed by atoms with Crippen LogP contribution in [0.4, 0.5) is 5.69 Å². The molecule has 2 N–H and O–H groups in total. The number of carbonyl (C=O) groups is 1. The number of nitrogens with zero attached hydrogens (tertiary/aromatic N) is 4. The first kappa shape index (κ1) is 19.8. The predicted molar refractivity (Wildman–Crippen MR) is 104 cm³/mol. The maximum absolute atomic E-state index is 12.8. The summed E-state index contributed by atoms with van der Waals surface area (Å²) in [7, 11) is -3.73. The number of sulfonamides is 1. The van der Waals surface area contributed by atoms with Crippen LogP contribution in [0.3, 0.4) is 0 Å². The summed E-state index contributed by atoms with van der Waals surface area (Å²) in [5.41, 5.74) is 1.07. The van der Waals surface area contributed by atoms with Crippen LogP contribution in [0.2, 0.25) is 0 Å². The summed E-state index contributed by atoms with van der Waals surface area (Å²) in [5.74, 6) is -0.784. The second-order valence-electron chi connectivity index (χ2n) is 6.07. The number of anilines is 1. The van der Waals surface area contributed by atoms with Gasteiger partial charge in [-0.3, -0.25) is 4.79 Å². The molecule has 0 saturated carbocycles. The number of benzene rings is 1. The fourth-order valence-electron chi connectivity index (χ4n) is 2.94. The SMILES string of the molecule is CCN(CC)S(=O)(=O)c1ccc(O)c(NC(=O)c2c(C)nn3cccnc23)c1. The van der Waals surface area contributed by atoms with E-state index in [1.807, 2.05) is 0 Å². The van der Waals surface area contributed by atoms with Crippen molar-refractivity contribution in [3.8, 4) is 5.75 Å². The van der Waals surface area contributed by atoms with Gasteiger partial charge in [-0.1, -0.05) is 13.8 Å². The number of aromatic nitrogens is 3. The smallest absolute Gasteiger partial charge is 0.261 e. The van der Waals surface area contributed by atoms with Crippen LogP contribution >= 0.6 is 0 Å². The molecule has 0 radical (unpaired) electrons. The van der Waals surface area contributed by atoms with Crippen molar-refractivity contribution in [2.24, 2.45) is 0 Å². The minimum absolute atomic E-state index is 0.00656. The number of aryl methyl sites for hydroxylation is 1. The second-order valence-corrected chi connectivity index (χ2v) is 8.01. The third-order valence-corrected chi connectivity index (χ3v) is 6.40. The lowest BCUT2D eigenvalue weighted by molar-refractivity contribution is 0.102. The Labute approximate surface area is 162 Å². The number of carbonyl (C=O) groups excluding carboxylic acids is 1. The molecule has 28 heavy (non-hydrogen) atoms. The fourth-order valence-corrected chi connectivity index (χ4v) is 4.42. The summed E-state index contributed by atoms with van der Waals surface area (Å²) < 4.78 is 28.2. The van der Waals surface area contributed by atoms with E-state index in [4.69, 9.17) is 0 Å². The molecule has 0 bridgehead atoms. The number of rotatable bonds is 6. The molecule has 1 amide bonds. The van der Waals surface area contributed by atoms with Gasteiger partial charge in [-0.2, -0.15) is 9.40 Å². The van der Waals surface area contributed by atoms with Gasteiger partial charge in [0.1, 0.15) is 11.3 Å². The van der Waals surface area contributed by atoms with Crippen molar-refractivity contribution < 1.29 is 18.3 Å². The van der Waals surface area contributed by atoms with E-state index in [1.54, 1.807) is 39.2 Å². The molecule has 1 aromatic carbocycles. The average molecular weight is 403 g/mol. The molecule has 2 heterocycles. The molecular weight excluding hydrogens is 382 g/mol. The maximum atomic E-state index is 12.8. The Bertz CT molecular complexity index is 1140. The number of fused-ring (bicyclic) bond motifs is 1. The first-order chi connectivity index (χ1) is 13.3. The molecule has 0 atom stereocenters. The highest BCUT2D eigenvalue weighted by atomic mass is 32.2. The quantitative estimate of drug-likeness (QED) is 0.608. The Morgan fingerprint density at radius 1 is 1.29 bits per heavy atom. The number of amides is 1. The predicted octanol–water partition coefficient (Wildman–Crippen LogP) is 2.03. The van der Waals surface area contributed by atoms with Crippen molar-refractivity contribution in [3.63, 3.8) is 0 Å². The van der Waals surface area contributed by atoms with Gasteiger partial charge in [-0.15, -0.1) is 0 Å². The molecule has 3 aromatic rings. The first-order valence-electron chi connectivity index (χ1n) is 8.74. The molecule has 0 saturated heterocycles. The number of aromatic hydroxyl groups is 1. The van der Waals surface area contributed by atoms with E-state index in [0.29, 0.717) is 24.4 Å². The molecule has 0 fully saturated rings. The molecular formula is C18H21N5O4S. The molecule has 0 aliphatic rings. The van der Waals surface area contributed by atoms with Crippen molar-refractivity contribution in [2.75, 3.05) is 18.4 Å². The highest BCUT2D eigenvalue weighted by Gasteiger charge is 2.24. The van der Waals surface area contributed by atoms with Crippen molar-refractivity contribution in [2.45, 2.75) is 25.7 Å². The molecule has 3 rings (SSSR count). The monoisotopic (exact) mass is 403 g/mol. The van der Waals surface area contributed by atoms with E-state index in [2.05, 4.69) is 15.4 Å². The number of hydrogen-bond acceptors (Lipinski definition) is 6. The van der Waals surface area contributed by atoms with Gasteiger partial charge in [0.25, 0.3) is 5.91 Å². The van der Waals surface area contributed by atoms with Gasteiger partial charge < -0.3 is 10.4 Å². The van der Waals surface area contributed by atoms with Gasteiger partial charge in [-0.25, -0.2) is 17.9 Å². The lowest BCUT2D eigenvalue weighted by Gasteiger charge is -2.19. The molecule has 2 aromatic heterocycles. The van der Waals surface area contributed by atoms with Crippen LogP contribution in [0.15, 0.2) is 41.6 Å². The zero-order chi connectivity index (χ0) is 20.5. The fraction of sp³-hybridized carbons (Fsp3) is 0.278. The van der Waals surface area contributed by atoms with Gasteiger partial charge in [0.2, 0.25) is 10.0 Å². The van der Waals surface area contributed by atoms with Crippen molar-refractivity contribution in [1.82, 2.24) is 18.9 Å². The van der Waals surface area contributed by atoms with Gasteiger partial charge in [0.15, 0.2) is 5.65 Å². The van der Waals surface area contributed by atoms with E-state index in [9.17, 15) is 18.3 Å². The van der Waals surface area contributed by atoms with E-state index in [1.165, 1.54) is 27.0 Å². The summed E-state index contributed by atoms with van der Waals surface area (Å²) in [4.78, 5) is 16.9. The van der Waals surface area contributed by atoms with Crippen molar-refractivity contribution >= 4 is 27.3 Å². The minimum atomic E-state index is -3.73. The highest BCUT2D eigenvalue weighted by molar-refractivity contribution is 7.89. The number of nitrogens with one attached hydrogen (secondary N) is 1. The Morgan fingerprint density at radius 2 is 2.00 bits per heavy atom. The first-order valence-corrected chi connectivity index (χ1v) is 10.2. The van der Waals surface area contributed by atoms with Crippen molar-refractivity contribution in [1.29, 1.82) is 0 Å². The van der Waals surface area contributed by atoms with Crippen LogP contribution in [0.5, 0.6) is 5.75 Å². The van der Waals surface area contributed by atoms with Crippen LogP contribution in [0.25, 0.3) is 5.65 Å². The zero-order valence-corrected chi connectivity index (χ0v) is 16.6. The average Bonchev–Trinajstić information content (AvgIpc) is 2.99. The molecule has 10 heteroatoms. The van der Waals surface area contributed by atoms with Gasteiger partial charge in [-0.05, 0) is 31.2 Å². The molecule has 0 aliphatic heterocycles. The lowest BCUT2D eigenvalue weighted by Crippen LogP contribution is -2.30. The topological polar surface area (TPSA) is 117 Å². The summed E-state index contributed by atoms with van der Waals surface area (Å²) in [5, 5.41) is 16.9. The Morgan fingerprint density at radius 3 is 2.68 bits per heavy atom. The van der Waals surface area contributed by atoms with Crippen LogP contribution in [-0.2, 0) is 10.0 Å². The zero-order valence-electron chi connectivity index (χ0n) is 15.7. The van der Waals surface area contributed by atoms with E-state index >= 15 is 0 Å². The number of phenols is 1. The van der Waals surface area contributed by atoms with Gasteiger partial charge >= 0.3 is 0 Å². The molecule has 0 unspecified atom stereocenters. The highest BCUT2D eigenvalue weighted by Crippen LogP contribution is 2.29. The Hall–Kier alpha value is -2.98. The van der Waals surface area contributed by atoms with Crippen LogP contribution in [-0.4, -0.2) is 51.4 Å². The minimum Gasteiger partial charge on any atom is -0.506 e. The summed E-state index contributed by atoms with van der Waals surface area (Å²) >= 11 is 0. The Balaban J connectivity index is 1.98. The van der Waals surface area contributed by atoms with E-state index < -0.39 is 15.9 Å². The molecule has 0 aliphatic carbocycles. The molecule has 0 spiro atoms. The molecule has 9 nitrogen and oxygen atoms in total. The van der Waals surface area contributed by atoms with Crippen molar-refractivity contribution in [3.05, 3.63) is 47.9 Å². The number of hydrogen-bond donors (Lipinski definition) is 2. The normalized spacial score (nSPS) is 11.9. The summed E-state index contributed by atoms with van der Waals surface area (Å²) in [6.07, 6.45) is 3.21. The second kappa shape index (κ2) is 7.56. The molecule has 148 valence electrons. The standard InChI is InChI=1S/C18H21N5O4S/c1-4-22(5-2)28(26,27)13-7-8-15(24)14(11-13)20-18(25)16-12(3)21-23-10-6-9-19-17(16)23/h6-11,24H,4-5H2,1-3H3,(H,20,25). The number of phenolic OH excluding ortho intramolecular Hbond substituents is 1. The third-order valence-electron chi connectivity index (χ3n) is 4.36. The van der Waals surface area contributed by atoms with Crippen LogP contribution in [0, 0.1) is 6.92 Å². The maximum Gasteiger partial charge on any atom is 0.261 e. The summed E-state index contributed by atoms with van der Waals surface area (Å²) in [6, 6.07) is 5.48. The largest absolute Gasteiger partial charge is 0.506 e. The van der Waals surface area contributed by atoms with Gasteiger partial charge in [0, 0.05) is 25.5 Å².